The molecule has 0 aliphatic carbocycles. The maximum absolute atomic E-state index is 5.64. The molecular formula is C13H18BrNO2. The minimum atomic E-state index is 0.437. The lowest BCUT2D eigenvalue weighted by Crippen LogP contribution is -2.17. The predicted molar refractivity (Wildman–Crippen MR) is 72.0 cm³/mol. The van der Waals surface area contributed by atoms with Crippen molar-refractivity contribution >= 4 is 15.9 Å². The zero-order chi connectivity index (χ0) is 12.4. The first-order valence-corrected chi connectivity index (χ1v) is 6.73. The molecule has 0 saturated heterocycles. The molecule has 0 aromatic heterocycles. The first-order valence-electron chi connectivity index (χ1n) is 5.93. The van der Waals surface area contributed by atoms with Gasteiger partial charge >= 0.3 is 0 Å². The quantitative estimate of drug-likeness (QED) is 0.933. The molecule has 2 rings (SSSR count). The summed E-state index contributed by atoms with van der Waals surface area (Å²) in [5.41, 5.74) is 8.13. The van der Waals surface area contributed by atoms with Crippen molar-refractivity contribution in [3.63, 3.8) is 0 Å². The minimum absolute atomic E-state index is 0.437. The van der Waals surface area contributed by atoms with Crippen molar-refractivity contribution in [1.29, 1.82) is 0 Å². The van der Waals surface area contributed by atoms with Crippen molar-refractivity contribution in [3.05, 3.63) is 21.7 Å². The Morgan fingerprint density at radius 1 is 1.41 bits per heavy atom. The summed E-state index contributed by atoms with van der Waals surface area (Å²) >= 11 is 3.60. The van der Waals surface area contributed by atoms with Gasteiger partial charge in [0.25, 0.3) is 0 Å². The Bertz CT molecular complexity index is 420. The van der Waals surface area contributed by atoms with E-state index in [0.717, 1.165) is 22.4 Å². The van der Waals surface area contributed by atoms with Gasteiger partial charge in [-0.1, -0.05) is 6.92 Å². The summed E-state index contributed by atoms with van der Waals surface area (Å²) in [6.45, 7) is 6.23. The third-order valence-corrected chi connectivity index (χ3v) is 4.14. The summed E-state index contributed by atoms with van der Waals surface area (Å²) in [6.07, 6.45) is 0.979. The van der Waals surface area contributed by atoms with E-state index in [4.69, 9.17) is 15.2 Å². The van der Waals surface area contributed by atoms with Crippen LogP contribution < -0.4 is 15.2 Å². The van der Waals surface area contributed by atoms with Gasteiger partial charge in [-0.15, -0.1) is 0 Å². The van der Waals surface area contributed by atoms with Crippen LogP contribution in [-0.4, -0.2) is 19.8 Å². The lowest BCUT2D eigenvalue weighted by Gasteiger charge is -2.24. The van der Waals surface area contributed by atoms with Crippen LogP contribution in [0.5, 0.6) is 11.5 Å². The normalized spacial score (nSPS) is 15.8. The van der Waals surface area contributed by atoms with Gasteiger partial charge in [-0.3, -0.25) is 0 Å². The van der Waals surface area contributed by atoms with Gasteiger partial charge in [0.1, 0.15) is 13.2 Å². The average molecular weight is 300 g/mol. The van der Waals surface area contributed by atoms with Crippen molar-refractivity contribution in [2.75, 3.05) is 19.8 Å². The van der Waals surface area contributed by atoms with E-state index < -0.39 is 0 Å². The van der Waals surface area contributed by atoms with Crippen molar-refractivity contribution in [3.8, 4) is 11.5 Å². The summed E-state index contributed by atoms with van der Waals surface area (Å²) in [4.78, 5) is 0. The van der Waals surface area contributed by atoms with Gasteiger partial charge in [-0.2, -0.15) is 0 Å². The molecule has 1 aliphatic rings. The van der Waals surface area contributed by atoms with Crippen LogP contribution in [0.25, 0.3) is 0 Å². The molecule has 0 bridgehead atoms. The molecule has 94 valence electrons. The van der Waals surface area contributed by atoms with Crippen LogP contribution in [0.15, 0.2) is 10.5 Å². The molecule has 1 unspecified atom stereocenters. The number of hydrogen-bond donors (Lipinski definition) is 1. The second-order valence-corrected chi connectivity index (χ2v) is 5.20. The number of ether oxygens (including phenoxy) is 2. The summed E-state index contributed by atoms with van der Waals surface area (Å²) in [5, 5.41) is 0. The van der Waals surface area contributed by atoms with Crippen LogP contribution in [0.1, 0.15) is 30.4 Å². The highest BCUT2D eigenvalue weighted by Crippen LogP contribution is 2.43. The second-order valence-electron chi connectivity index (χ2n) is 4.41. The maximum atomic E-state index is 5.64. The van der Waals surface area contributed by atoms with Gasteiger partial charge in [-0.25, -0.2) is 0 Å². The average Bonchev–Trinajstić information content (AvgIpc) is 2.34. The van der Waals surface area contributed by atoms with Gasteiger partial charge < -0.3 is 15.2 Å². The molecule has 17 heavy (non-hydrogen) atoms. The number of hydrogen-bond acceptors (Lipinski definition) is 3. The lowest BCUT2D eigenvalue weighted by molar-refractivity contribution is 0.170. The zero-order valence-corrected chi connectivity index (χ0v) is 11.8. The fourth-order valence-corrected chi connectivity index (χ4v) is 2.71. The molecular weight excluding hydrogens is 282 g/mol. The van der Waals surface area contributed by atoms with Gasteiger partial charge in [0.15, 0.2) is 11.5 Å². The number of nitrogens with two attached hydrogens (primary N) is 1. The van der Waals surface area contributed by atoms with E-state index in [1.165, 1.54) is 11.1 Å². The molecule has 0 spiro atoms. The first-order chi connectivity index (χ1) is 8.15. The molecule has 2 N–H and O–H groups in total. The number of halogens is 1. The lowest BCUT2D eigenvalue weighted by atomic mass is 9.93. The molecule has 0 amide bonds. The highest BCUT2D eigenvalue weighted by molar-refractivity contribution is 9.10. The van der Waals surface area contributed by atoms with Crippen molar-refractivity contribution in [1.82, 2.24) is 0 Å². The molecule has 4 heteroatoms. The second kappa shape index (κ2) is 5.27. The van der Waals surface area contributed by atoms with Gasteiger partial charge in [0, 0.05) is 0 Å². The smallest absolute Gasteiger partial charge is 0.175 e. The molecule has 1 aromatic carbocycles. The topological polar surface area (TPSA) is 44.5 Å². The fourth-order valence-electron chi connectivity index (χ4n) is 2.17. The summed E-state index contributed by atoms with van der Waals surface area (Å²) < 4.78 is 12.3. The van der Waals surface area contributed by atoms with Gasteiger partial charge in [-0.05, 0) is 58.9 Å². The molecule has 1 aromatic rings. The molecule has 0 fully saturated rings. The largest absolute Gasteiger partial charge is 0.486 e. The van der Waals surface area contributed by atoms with E-state index in [2.05, 4.69) is 35.8 Å². The van der Waals surface area contributed by atoms with Crippen LogP contribution in [-0.2, 0) is 0 Å². The Morgan fingerprint density at radius 3 is 2.82 bits per heavy atom. The maximum Gasteiger partial charge on any atom is 0.175 e. The van der Waals surface area contributed by atoms with Crippen molar-refractivity contribution in [2.24, 2.45) is 5.73 Å². The highest BCUT2D eigenvalue weighted by atomic mass is 79.9. The van der Waals surface area contributed by atoms with Crippen LogP contribution in [0.4, 0.5) is 0 Å². The number of benzene rings is 1. The number of fused-ring (bicyclic) bond motifs is 1. The Labute approximate surface area is 110 Å². The minimum Gasteiger partial charge on any atom is -0.486 e. The Kier molecular flexibility index (Phi) is 3.94. The molecule has 1 heterocycles. The molecule has 1 atom stereocenters. The standard InChI is InChI=1S/C13H18BrNO2/c1-8(3-4-15)10-7-11-13(12(14)9(10)2)17-6-5-16-11/h7-8H,3-6,15H2,1-2H3. The van der Waals surface area contributed by atoms with Crippen molar-refractivity contribution in [2.45, 2.75) is 26.2 Å². The third kappa shape index (κ3) is 2.43. The van der Waals surface area contributed by atoms with Crippen LogP contribution >= 0.6 is 15.9 Å². The van der Waals surface area contributed by atoms with Gasteiger partial charge in [0.05, 0.1) is 4.47 Å². The summed E-state index contributed by atoms with van der Waals surface area (Å²) in [7, 11) is 0. The summed E-state index contributed by atoms with van der Waals surface area (Å²) in [5.74, 6) is 2.11. The zero-order valence-electron chi connectivity index (χ0n) is 10.3. The molecule has 1 aliphatic heterocycles. The SMILES string of the molecule is Cc1c(C(C)CCN)cc2c(c1Br)OCCO2. The predicted octanol–water partition coefficient (Wildman–Crippen LogP) is 2.98. The monoisotopic (exact) mass is 299 g/mol. The van der Waals surface area contributed by atoms with E-state index in [9.17, 15) is 0 Å². The van der Waals surface area contributed by atoms with E-state index in [0.29, 0.717) is 25.7 Å². The Balaban J connectivity index is 2.43. The summed E-state index contributed by atoms with van der Waals surface area (Å²) in [6, 6.07) is 2.09. The first kappa shape index (κ1) is 12.7. The van der Waals surface area contributed by atoms with Crippen molar-refractivity contribution < 1.29 is 9.47 Å². The molecule has 0 saturated carbocycles. The third-order valence-electron chi connectivity index (χ3n) is 3.19. The highest BCUT2D eigenvalue weighted by Gasteiger charge is 2.21. The van der Waals surface area contributed by atoms with Crippen LogP contribution in [0.3, 0.4) is 0 Å². The van der Waals surface area contributed by atoms with Gasteiger partial charge in [0.2, 0.25) is 0 Å². The van der Waals surface area contributed by atoms with E-state index >= 15 is 0 Å². The molecule has 3 nitrogen and oxygen atoms in total. The van der Waals surface area contributed by atoms with E-state index in [1.54, 1.807) is 0 Å². The Hall–Kier alpha value is -0.740. The molecule has 0 radical (unpaired) electrons. The van der Waals surface area contributed by atoms with Crippen LogP contribution in [0.2, 0.25) is 0 Å². The van der Waals surface area contributed by atoms with Crippen LogP contribution in [0, 0.1) is 6.92 Å². The number of rotatable bonds is 3. The fraction of sp³-hybridized carbons (Fsp3) is 0.538. The van der Waals surface area contributed by atoms with E-state index in [-0.39, 0.29) is 0 Å². The van der Waals surface area contributed by atoms with E-state index in [1.807, 2.05) is 0 Å². The Morgan fingerprint density at radius 2 is 2.12 bits per heavy atom.